The summed E-state index contributed by atoms with van der Waals surface area (Å²) in [5.41, 5.74) is 12.5. The van der Waals surface area contributed by atoms with Crippen LogP contribution in [-0.4, -0.2) is 11.9 Å². The molecule has 108 valence electrons. The Hall–Kier alpha value is -2.33. The van der Waals surface area contributed by atoms with Gasteiger partial charge in [0, 0.05) is 5.02 Å². The lowest BCUT2D eigenvalue weighted by molar-refractivity contribution is -0.119. The van der Waals surface area contributed by atoms with Crippen LogP contribution in [0.5, 0.6) is 0 Å². The van der Waals surface area contributed by atoms with Gasteiger partial charge in [-0.25, -0.2) is 0 Å². The Balaban J connectivity index is 2.32. The van der Waals surface area contributed by atoms with Crippen molar-refractivity contribution in [3.05, 3.63) is 70.7 Å². The molecule has 2 aromatic rings. The SMILES string of the molecule is NC(N)=NC(=O)[C@@H](Cc1ccccc1)c1ccc(Cl)cc1. The molecule has 1 atom stereocenters. The minimum atomic E-state index is -0.438. The van der Waals surface area contributed by atoms with Gasteiger partial charge in [-0.1, -0.05) is 54.1 Å². The molecular formula is C16H16ClN3O. The third kappa shape index (κ3) is 4.33. The molecule has 0 spiro atoms. The molecule has 2 aromatic carbocycles. The zero-order valence-electron chi connectivity index (χ0n) is 11.4. The lowest BCUT2D eigenvalue weighted by atomic mass is 9.91. The van der Waals surface area contributed by atoms with Crippen molar-refractivity contribution in [2.45, 2.75) is 12.3 Å². The van der Waals surface area contributed by atoms with Crippen LogP contribution in [0, 0.1) is 0 Å². The lowest BCUT2D eigenvalue weighted by Gasteiger charge is -2.14. The largest absolute Gasteiger partial charge is 0.370 e. The third-order valence-corrected chi connectivity index (χ3v) is 3.34. The highest BCUT2D eigenvalue weighted by atomic mass is 35.5. The highest BCUT2D eigenvalue weighted by molar-refractivity contribution is 6.30. The number of benzene rings is 2. The average Bonchev–Trinajstić information content (AvgIpc) is 2.46. The zero-order valence-corrected chi connectivity index (χ0v) is 12.1. The normalized spacial score (nSPS) is 11.7. The summed E-state index contributed by atoms with van der Waals surface area (Å²) in [6.07, 6.45) is 0.526. The van der Waals surface area contributed by atoms with Crippen molar-refractivity contribution in [1.29, 1.82) is 0 Å². The molecule has 4 nitrogen and oxygen atoms in total. The van der Waals surface area contributed by atoms with E-state index in [4.69, 9.17) is 23.1 Å². The van der Waals surface area contributed by atoms with E-state index in [0.717, 1.165) is 11.1 Å². The fraction of sp³-hybridized carbons (Fsp3) is 0.125. The quantitative estimate of drug-likeness (QED) is 0.672. The summed E-state index contributed by atoms with van der Waals surface area (Å²) >= 11 is 5.89. The summed E-state index contributed by atoms with van der Waals surface area (Å²) in [4.78, 5) is 15.9. The predicted molar refractivity (Wildman–Crippen MR) is 85.2 cm³/mol. The number of nitrogens with two attached hydrogens (primary N) is 2. The molecule has 0 aromatic heterocycles. The van der Waals surface area contributed by atoms with E-state index in [9.17, 15) is 4.79 Å². The van der Waals surface area contributed by atoms with Gasteiger partial charge < -0.3 is 11.5 Å². The molecular weight excluding hydrogens is 286 g/mol. The molecule has 0 saturated heterocycles. The van der Waals surface area contributed by atoms with Crippen molar-refractivity contribution in [1.82, 2.24) is 0 Å². The van der Waals surface area contributed by atoms with Crippen LogP contribution in [0.2, 0.25) is 5.02 Å². The number of guanidine groups is 1. The summed E-state index contributed by atoms with van der Waals surface area (Å²) in [6, 6.07) is 16.8. The van der Waals surface area contributed by atoms with Gasteiger partial charge in [0.2, 0.25) is 0 Å². The summed E-state index contributed by atoms with van der Waals surface area (Å²) in [5, 5.41) is 0.617. The first-order valence-corrected chi connectivity index (χ1v) is 6.87. The lowest BCUT2D eigenvalue weighted by Crippen LogP contribution is -2.26. The smallest absolute Gasteiger partial charge is 0.256 e. The number of hydrogen-bond acceptors (Lipinski definition) is 1. The van der Waals surface area contributed by atoms with E-state index in [1.54, 1.807) is 12.1 Å². The number of carbonyl (C=O) groups excluding carboxylic acids is 1. The summed E-state index contributed by atoms with van der Waals surface area (Å²) in [7, 11) is 0. The second-order valence-corrected chi connectivity index (χ2v) is 5.11. The number of nitrogens with zero attached hydrogens (tertiary/aromatic N) is 1. The number of rotatable bonds is 4. The van der Waals surface area contributed by atoms with Gasteiger partial charge in [-0.15, -0.1) is 0 Å². The van der Waals surface area contributed by atoms with Crippen molar-refractivity contribution >= 4 is 23.5 Å². The van der Waals surface area contributed by atoms with Gasteiger partial charge >= 0.3 is 0 Å². The Labute approximate surface area is 128 Å². The molecule has 2 rings (SSSR count). The van der Waals surface area contributed by atoms with Gasteiger partial charge in [0.15, 0.2) is 5.96 Å². The Morgan fingerprint density at radius 1 is 1.05 bits per heavy atom. The number of halogens is 1. The summed E-state index contributed by atoms with van der Waals surface area (Å²) < 4.78 is 0. The van der Waals surface area contributed by atoms with Crippen molar-refractivity contribution in [2.75, 3.05) is 0 Å². The predicted octanol–water partition coefficient (Wildman–Crippen LogP) is 2.47. The van der Waals surface area contributed by atoms with Gasteiger partial charge in [-0.3, -0.25) is 4.79 Å². The Morgan fingerprint density at radius 3 is 2.24 bits per heavy atom. The molecule has 0 heterocycles. The standard InChI is InChI=1S/C16H16ClN3O/c17-13-8-6-12(7-9-13)14(15(21)20-16(18)19)10-11-4-2-1-3-5-11/h1-9,14H,10H2,(H4,18,19,20,21)/t14-/m0/s1. The number of hydrogen-bond donors (Lipinski definition) is 2. The van der Waals surface area contributed by atoms with Crippen LogP contribution < -0.4 is 11.5 Å². The van der Waals surface area contributed by atoms with Crippen molar-refractivity contribution in [3.8, 4) is 0 Å². The van der Waals surface area contributed by atoms with Crippen LogP contribution in [0.1, 0.15) is 17.0 Å². The molecule has 5 heteroatoms. The highest BCUT2D eigenvalue weighted by Gasteiger charge is 2.21. The van der Waals surface area contributed by atoms with Crippen LogP contribution >= 0.6 is 11.6 Å². The van der Waals surface area contributed by atoms with Gasteiger partial charge in [0.25, 0.3) is 5.91 Å². The molecule has 0 unspecified atom stereocenters. The molecule has 0 fully saturated rings. The Bertz CT molecular complexity index is 634. The maximum absolute atomic E-state index is 12.3. The zero-order chi connectivity index (χ0) is 15.2. The van der Waals surface area contributed by atoms with E-state index >= 15 is 0 Å². The van der Waals surface area contributed by atoms with E-state index < -0.39 is 5.92 Å². The average molecular weight is 302 g/mol. The molecule has 0 aliphatic rings. The summed E-state index contributed by atoms with van der Waals surface area (Å²) in [6.45, 7) is 0. The first kappa shape index (κ1) is 15.1. The minimum Gasteiger partial charge on any atom is -0.370 e. The second-order valence-electron chi connectivity index (χ2n) is 4.67. The third-order valence-electron chi connectivity index (χ3n) is 3.09. The molecule has 0 aliphatic carbocycles. The molecule has 0 bridgehead atoms. The fourth-order valence-corrected chi connectivity index (χ4v) is 2.22. The topological polar surface area (TPSA) is 81.5 Å². The highest BCUT2D eigenvalue weighted by Crippen LogP contribution is 2.24. The number of carbonyl (C=O) groups is 1. The van der Waals surface area contributed by atoms with Crippen molar-refractivity contribution in [3.63, 3.8) is 0 Å². The number of amides is 1. The van der Waals surface area contributed by atoms with Gasteiger partial charge in [0.1, 0.15) is 0 Å². The molecule has 0 aliphatic heterocycles. The fourth-order valence-electron chi connectivity index (χ4n) is 2.10. The van der Waals surface area contributed by atoms with Gasteiger partial charge in [0.05, 0.1) is 5.92 Å². The maximum Gasteiger partial charge on any atom is 0.256 e. The monoisotopic (exact) mass is 301 g/mol. The first-order valence-electron chi connectivity index (χ1n) is 6.49. The minimum absolute atomic E-state index is 0.230. The molecule has 0 saturated carbocycles. The van der Waals surface area contributed by atoms with Crippen LogP contribution in [-0.2, 0) is 11.2 Å². The molecule has 21 heavy (non-hydrogen) atoms. The van der Waals surface area contributed by atoms with Gasteiger partial charge in [-0.05, 0) is 29.7 Å². The van der Waals surface area contributed by atoms with E-state index in [0.29, 0.717) is 11.4 Å². The molecule has 0 radical (unpaired) electrons. The maximum atomic E-state index is 12.3. The van der Waals surface area contributed by atoms with E-state index in [2.05, 4.69) is 4.99 Å². The van der Waals surface area contributed by atoms with Crippen LogP contribution in [0.3, 0.4) is 0 Å². The van der Waals surface area contributed by atoms with E-state index in [1.807, 2.05) is 42.5 Å². The van der Waals surface area contributed by atoms with E-state index in [1.165, 1.54) is 0 Å². The van der Waals surface area contributed by atoms with Crippen molar-refractivity contribution in [2.24, 2.45) is 16.5 Å². The van der Waals surface area contributed by atoms with Crippen LogP contribution in [0.15, 0.2) is 59.6 Å². The van der Waals surface area contributed by atoms with Crippen molar-refractivity contribution < 1.29 is 4.79 Å². The molecule has 1 amide bonds. The second kappa shape index (κ2) is 6.90. The first-order chi connectivity index (χ1) is 10.1. The van der Waals surface area contributed by atoms with Crippen LogP contribution in [0.4, 0.5) is 0 Å². The van der Waals surface area contributed by atoms with E-state index in [-0.39, 0.29) is 11.9 Å². The van der Waals surface area contributed by atoms with Crippen LogP contribution in [0.25, 0.3) is 0 Å². The Kier molecular flexibility index (Phi) is 4.95. The Morgan fingerprint density at radius 2 is 1.67 bits per heavy atom. The number of aliphatic imine (C=N–C) groups is 1. The molecule has 4 N–H and O–H groups in total. The van der Waals surface area contributed by atoms with Gasteiger partial charge in [-0.2, -0.15) is 4.99 Å². The summed E-state index contributed by atoms with van der Waals surface area (Å²) in [5.74, 6) is -1.03.